The van der Waals surface area contributed by atoms with Crippen molar-refractivity contribution in [1.29, 1.82) is 0 Å². The molecule has 0 spiro atoms. The van der Waals surface area contributed by atoms with Gasteiger partial charge >= 0.3 is 5.97 Å². The lowest BCUT2D eigenvalue weighted by Crippen LogP contribution is -2.39. The van der Waals surface area contributed by atoms with Crippen molar-refractivity contribution in [3.63, 3.8) is 0 Å². The molecule has 100 valence electrons. The molecule has 1 fully saturated rings. The second-order valence-electron chi connectivity index (χ2n) is 5.77. The SMILES string of the molecule is CC1(Br)CCCCCC(C)(C(=O)O)CNCC1. The number of alkyl halides is 1. The fourth-order valence-corrected chi connectivity index (χ4v) is 2.77. The third-order valence-electron chi connectivity index (χ3n) is 3.78. The van der Waals surface area contributed by atoms with E-state index in [2.05, 4.69) is 28.2 Å². The number of halogens is 1. The number of carbonyl (C=O) groups is 1. The lowest BCUT2D eigenvalue weighted by atomic mass is 9.84. The third-order valence-corrected chi connectivity index (χ3v) is 4.57. The Bertz CT molecular complexity index is 268. The molecule has 3 nitrogen and oxygen atoms in total. The summed E-state index contributed by atoms with van der Waals surface area (Å²) in [7, 11) is 0. The van der Waals surface area contributed by atoms with Crippen molar-refractivity contribution in [2.45, 2.75) is 56.7 Å². The fraction of sp³-hybridized carbons (Fsp3) is 0.923. The first-order valence-corrected chi connectivity index (χ1v) is 7.28. The van der Waals surface area contributed by atoms with Gasteiger partial charge in [-0.15, -0.1) is 0 Å². The van der Waals surface area contributed by atoms with Crippen LogP contribution in [0.4, 0.5) is 0 Å². The highest BCUT2D eigenvalue weighted by molar-refractivity contribution is 9.10. The van der Waals surface area contributed by atoms with E-state index in [1.165, 1.54) is 12.8 Å². The quantitative estimate of drug-likeness (QED) is 0.732. The Morgan fingerprint density at radius 2 is 1.82 bits per heavy atom. The van der Waals surface area contributed by atoms with Gasteiger partial charge in [-0.3, -0.25) is 4.79 Å². The van der Waals surface area contributed by atoms with Gasteiger partial charge in [0.15, 0.2) is 0 Å². The Balaban J connectivity index is 2.59. The molecule has 0 aromatic carbocycles. The number of hydrogen-bond donors (Lipinski definition) is 2. The molecule has 0 amide bonds. The van der Waals surface area contributed by atoms with Gasteiger partial charge in [-0.05, 0) is 39.7 Å². The summed E-state index contributed by atoms with van der Waals surface area (Å²) < 4.78 is 0.198. The summed E-state index contributed by atoms with van der Waals surface area (Å²) in [5.41, 5.74) is -0.604. The van der Waals surface area contributed by atoms with Crippen LogP contribution in [-0.4, -0.2) is 28.5 Å². The van der Waals surface area contributed by atoms with Gasteiger partial charge in [0.25, 0.3) is 0 Å². The van der Waals surface area contributed by atoms with Gasteiger partial charge in [-0.25, -0.2) is 0 Å². The average molecular weight is 306 g/mol. The molecule has 2 atom stereocenters. The van der Waals surface area contributed by atoms with E-state index in [0.717, 1.165) is 32.2 Å². The molecule has 0 aromatic rings. The minimum absolute atomic E-state index is 0.198. The van der Waals surface area contributed by atoms with Crippen molar-refractivity contribution in [2.24, 2.45) is 5.41 Å². The number of carboxylic acids is 1. The summed E-state index contributed by atoms with van der Waals surface area (Å²) in [5.74, 6) is -0.675. The highest BCUT2D eigenvalue weighted by atomic mass is 79.9. The molecule has 1 heterocycles. The van der Waals surface area contributed by atoms with Crippen LogP contribution in [0.3, 0.4) is 0 Å². The van der Waals surface area contributed by atoms with Crippen molar-refractivity contribution in [3.8, 4) is 0 Å². The van der Waals surface area contributed by atoms with E-state index in [9.17, 15) is 9.90 Å². The van der Waals surface area contributed by atoms with Crippen LogP contribution in [0.15, 0.2) is 0 Å². The second kappa shape index (κ2) is 6.19. The maximum atomic E-state index is 11.3. The van der Waals surface area contributed by atoms with Crippen LogP contribution < -0.4 is 5.32 Å². The molecule has 2 N–H and O–H groups in total. The van der Waals surface area contributed by atoms with Crippen LogP contribution >= 0.6 is 15.9 Å². The fourth-order valence-electron chi connectivity index (χ4n) is 2.29. The molecule has 0 aliphatic carbocycles. The second-order valence-corrected chi connectivity index (χ2v) is 7.68. The molecule has 2 unspecified atom stereocenters. The van der Waals surface area contributed by atoms with Crippen LogP contribution in [0.5, 0.6) is 0 Å². The van der Waals surface area contributed by atoms with E-state index in [-0.39, 0.29) is 4.32 Å². The minimum atomic E-state index is -0.675. The Morgan fingerprint density at radius 3 is 2.47 bits per heavy atom. The molecule has 0 saturated carbocycles. The number of aliphatic carboxylic acids is 1. The Morgan fingerprint density at radius 1 is 1.18 bits per heavy atom. The molecule has 0 bridgehead atoms. The maximum absolute atomic E-state index is 11.3. The summed E-state index contributed by atoms with van der Waals surface area (Å²) in [4.78, 5) is 11.3. The molecule has 1 aliphatic rings. The minimum Gasteiger partial charge on any atom is -0.481 e. The van der Waals surface area contributed by atoms with Gasteiger partial charge in [0, 0.05) is 10.9 Å². The van der Waals surface area contributed by atoms with E-state index in [4.69, 9.17) is 0 Å². The smallest absolute Gasteiger partial charge is 0.310 e. The highest BCUT2D eigenvalue weighted by Crippen LogP contribution is 2.31. The first kappa shape index (κ1) is 15.0. The van der Waals surface area contributed by atoms with Gasteiger partial charge in [-0.2, -0.15) is 0 Å². The summed E-state index contributed by atoms with van der Waals surface area (Å²) in [6, 6.07) is 0. The first-order valence-electron chi connectivity index (χ1n) is 6.49. The van der Waals surface area contributed by atoms with Gasteiger partial charge in [0.05, 0.1) is 5.41 Å². The molecule has 1 saturated heterocycles. The van der Waals surface area contributed by atoms with Crippen molar-refractivity contribution < 1.29 is 9.90 Å². The predicted molar refractivity (Wildman–Crippen MR) is 73.6 cm³/mol. The zero-order valence-corrected chi connectivity index (χ0v) is 12.5. The molecule has 0 aromatic heterocycles. The maximum Gasteiger partial charge on any atom is 0.310 e. The average Bonchev–Trinajstić information content (AvgIpc) is 2.25. The Labute approximate surface area is 112 Å². The molecule has 4 heteroatoms. The lowest BCUT2D eigenvalue weighted by molar-refractivity contribution is -0.148. The normalized spacial score (nSPS) is 37.1. The standard InChI is InChI=1S/C13H24BrNO2/c1-12(11(16)17)6-4-3-5-7-13(2,14)8-9-15-10-12/h15H,3-10H2,1-2H3,(H,16,17). The van der Waals surface area contributed by atoms with Crippen LogP contribution in [0.1, 0.15) is 52.4 Å². The summed E-state index contributed by atoms with van der Waals surface area (Å²) in [6.45, 7) is 5.53. The number of carboxylic acid groups (broad SMARTS) is 1. The third kappa shape index (κ3) is 4.96. The zero-order chi connectivity index (χ0) is 12.9. The van der Waals surface area contributed by atoms with E-state index in [1.807, 2.05) is 6.92 Å². The monoisotopic (exact) mass is 305 g/mol. The van der Waals surface area contributed by atoms with Crippen LogP contribution in [0, 0.1) is 5.41 Å². The van der Waals surface area contributed by atoms with Crippen molar-refractivity contribution in [2.75, 3.05) is 13.1 Å². The summed E-state index contributed by atoms with van der Waals surface area (Å²) in [6.07, 6.45) is 6.30. The lowest BCUT2D eigenvalue weighted by Gasteiger charge is -2.25. The van der Waals surface area contributed by atoms with Crippen LogP contribution in [-0.2, 0) is 4.79 Å². The van der Waals surface area contributed by atoms with Gasteiger partial charge in [0.2, 0.25) is 0 Å². The summed E-state index contributed by atoms with van der Waals surface area (Å²) in [5, 5.41) is 12.6. The van der Waals surface area contributed by atoms with E-state index < -0.39 is 11.4 Å². The van der Waals surface area contributed by atoms with Crippen LogP contribution in [0.25, 0.3) is 0 Å². The van der Waals surface area contributed by atoms with E-state index in [1.54, 1.807) is 0 Å². The number of nitrogens with one attached hydrogen (secondary N) is 1. The Hall–Kier alpha value is -0.0900. The van der Waals surface area contributed by atoms with Gasteiger partial charge in [0.1, 0.15) is 0 Å². The zero-order valence-electron chi connectivity index (χ0n) is 10.9. The van der Waals surface area contributed by atoms with Crippen molar-refractivity contribution in [3.05, 3.63) is 0 Å². The topological polar surface area (TPSA) is 49.3 Å². The molecule has 17 heavy (non-hydrogen) atoms. The molecular formula is C13H24BrNO2. The largest absolute Gasteiger partial charge is 0.481 e. The molecule has 1 aliphatic heterocycles. The molecular weight excluding hydrogens is 282 g/mol. The Kier molecular flexibility index (Phi) is 5.45. The summed E-state index contributed by atoms with van der Waals surface area (Å²) >= 11 is 3.76. The van der Waals surface area contributed by atoms with Gasteiger partial charge in [-0.1, -0.05) is 35.2 Å². The van der Waals surface area contributed by atoms with Gasteiger partial charge < -0.3 is 10.4 Å². The van der Waals surface area contributed by atoms with E-state index in [0.29, 0.717) is 6.54 Å². The first-order chi connectivity index (χ1) is 7.86. The predicted octanol–water partition coefficient (Wildman–Crippen LogP) is 3.17. The van der Waals surface area contributed by atoms with Crippen molar-refractivity contribution >= 4 is 21.9 Å². The highest BCUT2D eigenvalue weighted by Gasteiger charge is 2.32. The number of rotatable bonds is 1. The molecule has 0 radical (unpaired) electrons. The number of hydrogen-bond acceptors (Lipinski definition) is 2. The van der Waals surface area contributed by atoms with Crippen LogP contribution in [0.2, 0.25) is 0 Å². The van der Waals surface area contributed by atoms with Crippen molar-refractivity contribution in [1.82, 2.24) is 5.32 Å². The van der Waals surface area contributed by atoms with E-state index >= 15 is 0 Å². The molecule has 1 rings (SSSR count).